The Morgan fingerprint density at radius 2 is 1.70 bits per heavy atom. The van der Waals surface area contributed by atoms with E-state index >= 15 is 0 Å². The van der Waals surface area contributed by atoms with Gasteiger partial charge in [0.05, 0.1) is 6.21 Å². The van der Waals surface area contributed by atoms with Crippen LogP contribution in [0.4, 0.5) is 5.69 Å². The number of halogens is 2. The van der Waals surface area contributed by atoms with Gasteiger partial charge in [-0.05, 0) is 30.7 Å². The van der Waals surface area contributed by atoms with Crippen molar-refractivity contribution in [1.29, 1.82) is 0 Å². The number of hydrogen-bond donors (Lipinski definition) is 2. The molecule has 2 aromatic rings. The number of nitrogens with zero attached hydrogens (tertiary/aromatic N) is 1. The summed E-state index contributed by atoms with van der Waals surface area (Å²) < 4.78 is 0. The molecule has 0 aliphatic rings. The summed E-state index contributed by atoms with van der Waals surface area (Å²) in [4.78, 5) is 23.5. The Labute approximate surface area is 143 Å². The molecule has 5 nitrogen and oxygen atoms in total. The van der Waals surface area contributed by atoms with E-state index in [1.165, 1.54) is 6.21 Å². The van der Waals surface area contributed by atoms with Crippen LogP contribution < -0.4 is 10.7 Å². The van der Waals surface area contributed by atoms with Gasteiger partial charge in [0.1, 0.15) is 0 Å². The molecule has 0 aromatic heterocycles. The maximum Gasteiger partial charge on any atom is 0.329 e. The van der Waals surface area contributed by atoms with E-state index in [-0.39, 0.29) is 0 Å². The van der Waals surface area contributed by atoms with Crippen molar-refractivity contribution in [3.63, 3.8) is 0 Å². The van der Waals surface area contributed by atoms with E-state index in [2.05, 4.69) is 15.8 Å². The molecule has 2 amide bonds. The number of carbonyl (C=O) groups excluding carboxylic acids is 2. The van der Waals surface area contributed by atoms with Crippen LogP contribution in [0.1, 0.15) is 11.1 Å². The zero-order valence-corrected chi connectivity index (χ0v) is 13.7. The number of hydrogen-bond acceptors (Lipinski definition) is 3. The fourth-order valence-electron chi connectivity index (χ4n) is 1.71. The van der Waals surface area contributed by atoms with E-state index in [1.807, 2.05) is 0 Å². The average Bonchev–Trinajstić information content (AvgIpc) is 2.53. The molecule has 0 spiro atoms. The summed E-state index contributed by atoms with van der Waals surface area (Å²) in [5.74, 6) is -1.74. The lowest BCUT2D eigenvalue weighted by Crippen LogP contribution is -2.32. The first-order valence-electron chi connectivity index (χ1n) is 6.63. The van der Waals surface area contributed by atoms with Gasteiger partial charge in [0.2, 0.25) is 0 Å². The Hall–Kier alpha value is -2.37. The lowest BCUT2D eigenvalue weighted by Gasteiger charge is -2.08. The highest BCUT2D eigenvalue weighted by Crippen LogP contribution is 2.22. The van der Waals surface area contributed by atoms with Crippen molar-refractivity contribution < 1.29 is 9.59 Å². The first kappa shape index (κ1) is 17.0. The first-order valence-corrected chi connectivity index (χ1v) is 7.38. The molecular formula is C16H13Cl2N3O2. The second-order valence-corrected chi connectivity index (χ2v) is 5.40. The van der Waals surface area contributed by atoms with Crippen molar-refractivity contribution >= 4 is 46.9 Å². The van der Waals surface area contributed by atoms with Crippen LogP contribution >= 0.6 is 23.2 Å². The molecule has 118 valence electrons. The predicted molar refractivity (Wildman–Crippen MR) is 92.0 cm³/mol. The zero-order chi connectivity index (χ0) is 16.8. The number of benzene rings is 2. The largest absolute Gasteiger partial charge is 0.329 e. The van der Waals surface area contributed by atoms with E-state index in [0.29, 0.717) is 26.9 Å². The highest BCUT2D eigenvalue weighted by atomic mass is 35.5. The molecule has 0 radical (unpaired) electrons. The van der Waals surface area contributed by atoms with Gasteiger partial charge in [0, 0.05) is 21.3 Å². The number of hydrazone groups is 1. The molecule has 0 saturated carbocycles. The third-order valence-electron chi connectivity index (χ3n) is 3.00. The van der Waals surface area contributed by atoms with Crippen LogP contribution in [0.5, 0.6) is 0 Å². The van der Waals surface area contributed by atoms with Crippen LogP contribution in [0.3, 0.4) is 0 Å². The monoisotopic (exact) mass is 349 g/mol. The van der Waals surface area contributed by atoms with Gasteiger partial charge in [0.15, 0.2) is 0 Å². The van der Waals surface area contributed by atoms with Gasteiger partial charge in [-0.2, -0.15) is 5.10 Å². The lowest BCUT2D eigenvalue weighted by atomic mass is 10.2. The predicted octanol–water partition coefficient (Wildman–Crippen LogP) is 3.39. The lowest BCUT2D eigenvalue weighted by molar-refractivity contribution is -0.136. The smallest absolute Gasteiger partial charge is 0.317 e. The molecule has 0 bridgehead atoms. The minimum atomic E-state index is -0.896. The van der Waals surface area contributed by atoms with E-state index in [4.69, 9.17) is 23.2 Å². The van der Waals surface area contributed by atoms with Crippen LogP contribution in [0, 0.1) is 6.92 Å². The molecule has 0 atom stereocenters. The molecule has 0 unspecified atom stereocenters. The molecule has 2 rings (SSSR count). The zero-order valence-electron chi connectivity index (χ0n) is 12.1. The van der Waals surface area contributed by atoms with Gasteiger partial charge in [-0.15, -0.1) is 0 Å². The fraction of sp³-hybridized carbons (Fsp3) is 0.0625. The van der Waals surface area contributed by atoms with Crippen LogP contribution in [-0.4, -0.2) is 18.0 Å². The van der Waals surface area contributed by atoms with Gasteiger partial charge >= 0.3 is 11.8 Å². The normalized spacial score (nSPS) is 10.6. The van der Waals surface area contributed by atoms with Crippen molar-refractivity contribution in [3.05, 3.63) is 63.6 Å². The number of rotatable bonds is 3. The van der Waals surface area contributed by atoms with Crippen molar-refractivity contribution in [3.8, 4) is 0 Å². The van der Waals surface area contributed by atoms with Crippen LogP contribution in [0.25, 0.3) is 0 Å². The highest BCUT2D eigenvalue weighted by Gasteiger charge is 2.14. The maximum atomic E-state index is 11.8. The number of anilines is 1. The summed E-state index contributed by atoms with van der Waals surface area (Å²) in [5, 5.41) is 7.17. The maximum absolute atomic E-state index is 11.8. The highest BCUT2D eigenvalue weighted by molar-refractivity contribution is 6.40. The van der Waals surface area contributed by atoms with Gasteiger partial charge in [-0.25, -0.2) is 5.43 Å². The summed E-state index contributed by atoms with van der Waals surface area (Å²) in [6.07, 6.45) is 1.36. The van der Waals surface area contributed by atoms with Crippen molar-refractivity contribution in [2.24, 2.45) is 5.10 Å². The minimum absolute atomic E-state index is 0.465. The molecule has 0 saturated heterocycles. The number of nitrogens with one attached hydrogen (secondary N) is 2. The molecule has 0 fully saturated rings. The van der Waals surface area contributed by atoms with Gasteiger partial charge in [0.25, 0.3) is 0 Å². The standard InChI is InChI=1S/C16H13Cl2N3O2/c1-10-12(17)7-4-8-14(10)20-15(22)16(23)21-19-9-11-5-2-3-6-13(11)18/h2-9H,1H3,(H,20,22)(H,21,23)/b19-9+. The summed E-state index contributed by atoms with van der Waals surface area (Å²) in [7, 11) is 0. The van der Waals surface area contributed by atoms with Crippen molar-refractivity contribution in [1.82, 2.24) is 5.43 Å². The number of carbonyl (C=O) groups is 2. The number of amides is 2. The quantitative estimate of drug-likeness (QED) is 0.506. The summed E-state index contributed by atoms with van der Waals surface area (Å²) in [6.45, 7) is 1.74. The molecule has 7 heteroatoms. The average molecular weight is 350 g/mol. The minimum Gasteiger partial charge on any atom is -0.317 e. The van der Waals surface area contributed by atoms with Gasteiger partial charge < -0.3 is 5.32 Å². The Morgan fingerprint density at radius 1 is 1.00 bits per heavy atom. The molecule has 0 aliphatic carbocycles. The molecular weight excluding hydrogens is 337 g/mol. The first-order chi connectivity index (χ1) is 11.0. The van der Waals surface area contributed by atoms with Crippen molar-refractivity contribution in [2.45, 2.75) is 6.92 Å². The Bertz CT molecular complexity index is 776. The van der Waals surface area contributed by atoms with Gasteiger partial charge in [-0.3, -0.25) is 9.59 Å². The molecule has 0 heterocycles. The third kappa shape index (κ3) is 4.55. The van der Waals surface area contributed by atoms with Gasteiger partial charge in [-0.1, -0.05) is 47.5 Å². The molecule has 23 heavy (non-hydrogen) atoms. The molecule has 0 aliphatic heterocycles. The van der Waals surface area contributed by atoms with Crippen LogP contribution in [0.15, 0.2) is 47.6 Å². The third-order valence-corrected chi connectivity index (χ3v) is 3.75. The Morgan fingerprint density at radius 3 is 2.43 bits per heavy atom. The van der Waals surface area contributed by atoms with Crippen LogP contribution in [-0.2, 0) is 9.59 Å². The van der Waals surface area contributed by atoms with E-state index in [0.717, 1.165) is 0 Å². The molecule has 2 aromatic carbocycles. The Kier molecular flexibility index (Phi) is 5.73. The SMILES string of the molecule is Cc1c(Cl)cccc1NC(=O)C(=O)N/N=C/c1ccccc1Cl. The second kappa shape index (κ2) is 7.76. The Balaban J connectivity index is 1.97. The summed E-state index contributed by atoms with van der Waals surface area (Å²) >= 11 is 11.9. The van der Waals surface area contributed by atoms with Crippen molar-refractivity contribution in [2.75, 3.05) is 5.32 Å². The van der Waals surface area contributed by atoms with E-state index < -0.39 is 11.8 Å². The van der Waals surface area contributed by atoms with Crippen LogP contribution in [0.2, 0.25) is 10.0 Å². The molecule has 2 N–H and O–H groups in total. The second-order valence-electron chi connectivity index (χ2n) is 4.59. The van der Waals surface area contributed by atoms with E-state index in [1.54, 1.807) is 49.4 Å². The summed E-state index contributed by atoms with van der Waals surface area (Å²) in [6, 6.07) is 12.0. The topological polar surface area (TPSA) is 70.6 Å². The van der Waals surface area contributed by atoms with E-state index in [9.17, 15) is 9.59 Å². The summed E-state index contributed by atoms with van der Waals surface area (Å²) in [5.41, 5.74) is 3.91. The fourth-order valence-corrected chi connectivity index (χ4v) is 2.07.